The van der Waals surface area contributed by atoms with Gasteiger partial charge in [-0.15, -0.1) is 0 Å². The Morgan fingerprint density at radius 2 is 1.79 bits per heavy atom. The van der Waals surface area contributed by atoms with Gasteiger partial charge in [0.25, 0.3) is 0 Å². The minimum atomic E-state index is -0.116. The van der Waals surface area contributed by atoms with Crippen LogP contribution in [0.15, 0.2) is 6.07 Å². The van der Waals surface area contributed by atoms with E-state index < -0.39 is 0 Å². The molecule has 0 spiro atoms. The van der Waals surface area contributed by atoms with Gasteiger partial charge in [0.2, 0.25) is 5.88 Å². The largest absolute Gasteiger partial charge is 0.474 e. The van der Waals surface area contributed by atoms with Gasteiger partial charge in [0, 0.05) is 11.5 Å². The molecule has 106 valence electrons. The van der Waals surface area contributed by atoms with E-state index in [1.165, 1.54) is 12.8 Å². The van der Waals surface area contributed by atoms with Crippen molar-refractivity contribution in [3.63, 3.8) is 0 Å². The van der Waals surface area contributed by atoms with Crippen LogP contribution in [0.1, 0.15) is 59.2 Å². The highest BCUT2D eigenvalue weighted by Crippen LogP contribution is 2.28. The molecule has 0 unspecified atom stereocenters. The number of anilines is 1. The van der Waals surface area contributed by atoms with Gasteiger partial charge in [-0.25, -0.2) is 4.98 Å². The Kier molecular flexibility index (Phi) is 3.97. The van der Waals surface area contributed by atoms with E-state index in [2.05, 4.69) is 37.7 Å². The van der Waals surface area contributed by atoms with Crippen molar-refractivity contribution in [1.82, 2.24) is 9.97 Å². The predicted octanol–water partition coefficient (Wildman–Crippen LogP) is 3.31. The van der Waals surface area contributed by atoms with E-state index in [1.807, 2.05) is 0 Å². The standard InChI is InChI=1S/C15H25N3O/c1-10-5-7-11(8-6-10)19-13-9-12(16)17-14(18-13)15(2,3)4/h9-11H,5-8H2,1-4H3,(H2,16,17,18). The summed E-state index contributed by atoms with van der Waals surface area (Å²) >= 11 is 0. The summed E-state index contributed by atoms with van der Waals surface area (Å²) in [6.45, 7) is 8.53. The highest BCUT2D eigenvalue weighted by molar-refractivity contribution is 5.34. The van der Waals surface area contributed by atoms with Gasteiger partial charge >= 0.3 is 0 Å². The third-order valence-corrected chi connectivity index (χ3v) is 3.64. The summed E-state index contributed by atoms with van der Waals surface area (Å²) in [7, 11) is 0. The minimum Gasteiger partial charge on any atom is -0.474 e. The second-order valence-electron chi connectivity index (χ2n) is 6.70. The molecule has 2 rings (SSSR count). The molecule has 1 aliphatic rings. The summed E-state index contributed by atoms with van der Waals surface area (Å²) in [6, 6.07) is 1.73. The summed E-state index contributed by atoms with van der Waals surface area (Å²) < 4.78 is 5.99. The Labute approximate surface area is 115 Å². The molecule has 0 aromatic carbocycles. The Morgan fingerprint density at radius 3 is 2.37 bits per heavy atom. The predicted molar refractivity (Wildman–Crippen MR) is 77.2 cm³/mol. The smallest absolute Gasteiger partial charge is 0.219 e. The molecule has 1 aromatic heterocycles. The molecule has 0 atom stereocenters. The third kappa shape index (κ3) is 3.82. The van der Waals surface area contributed by atoms with Crippen LogP contribution in [-0.2, 0) is 5.41 Å². The summed E-state index contributed by atoms with van der Waals surface area (Å²) in [4.78, 5) is 8.80. The van der Waals surface area contributed by atoms with E-state index in [0.29, 0.717) is 11.7 Å². The molecule has 1 heterocycles. The van der Waals surface area contributed by atoms with Gasteiger partial charge in [0.15, 0.2) is 0 Å². The van der Waals surface area contributed by atoms with Crippen LogP contribution in [0.3, 0.4) is 0 Å². The van der Waals surface area contributed by atoms with E-state index >= 15 is 0 Å². The molecule has 4 heteroatoms. The molecule has 0 amide bonds. The van der Waals surface area contributed by atoms with Crippen molar-refractivity contribution in [3.8, 4) is 5.88 Å². The molecule has 1 aliphatic carbocycles. The van der Waals surface area contributed by atoms with Crippen LogP contribution in [0.4, 0.5) is 5.82 Å². The maximum Gasteiger partial charge on any atom is 0.219 e. The van der Waals surface area contributed by atoms with Crippen molar-refractivity contribution in [3.05, 3.63) is 11.9 Å². The van der Waals surface area contributed by atoms with E-state index in [-0.39, 0.29) is 11.5 Å². The molecule has 0 saturated heterocycles. The number of hydrogen-bond donors (Lipinski definition) is 1. The fraction of sp³-hybridized carbons (Fsp3) is 0.733. The second-order valence-corrected chi connectivity index (χ2v) is 6.70. The van der Waals surface area contributed by atoms with Crippen molar-refractivity contribution < 1.29 is 4.74 Å². The van der Waals surface area contributed by atoms with Crippen molar-refractivity contribution in [2.24, 2.45) is 5.92 Å². The van der Waals surface area contributed by atoms with Crippen LogP contribution in [0.2, 0.25) is 0 Å². The molecule has 19 heavy (non-hydrogen) atoms. The van der Waals surface area contributed by atoms with Gasteiger partial charge in [-0.1, -0.05) is 27.7 Å². The first kappa shape index (κ1) is 14.1. The van der Waals surface area contributed by atoms with Crippen molar-refractivity contribution in [2.45, 2.75) is 64.9 Å². The average molecular weight is 263 g/mol. The summed E-state index contributed by atoms with van der Waals surface area (Å²) in [5.41, 5.74) is 5.74. The highest BCUT2D eigenvalue weighted by Gasteiger charge is 2.22. The molecule has 1 aromatic rings. The fourth-order valence-corrected chi connectivity index (χ4v) is 2.36. The third-order valence-electron chi connectivity index (χ3n) is 3.64. The SMILES string of the molecule is CC1CCC(Oc2cc(N)nc(C(C)(C)C)n2)CC1. The Morgan fingerprint density at radius 1 is 1.16 bits per heavy atom. The summed E-state index contributed by atoms with van der Waals surface area (Å²) in [5.74, 6) is 2.67. The average Bonchev–Trinajstić information content (AvgIpc) is 2.30. The first-order valence-electron chi connectivity index (χ1n) is 7.16. The first-order valence-corrected chi connectivity index (χ1v) is 7.16. The Bertz CT molecular complexity index is 432. The number of nitrogens with two attached hydrogens (primary N) is 1. The molecule has 4 nitrogen and oxygen atoms in total. The molecular formula is C15H25N3O. The van der Waals surface area contributed by atoms with Crippen LogP contribution < -0.4 is 10.5 Å². The summed E-state index contributed by atoms with van der Waals surface area (Å²) in [6.07, 6.45) is 4.96. The van der Waals surface area contributed by atoms with Crippen LogP contribution in [0.5, 0.6) is 5.88 Å². The number of ether oxygens (including phenoxy) is 1. The lowest BCUT2D eigenvalue weighted by Gasteiger charge is -2.27. The van der Waals surface area contributed by atoms with E-state index in [4.69, 9.17) is 10.5 Å². The Hall–Kier alpha value is -1.32. The number of nitrogens with zero attached hydrogens (tertiary/aromatic N) is 2. The fourth-order valence-electron chi connectivity index (χ4n) is 2.36. The second kappa shape index (κ2) is 5.35. The molecule has 1 saturated carbocycles. The highest BCUT2D eigenvalue weighted by atomic mass is 16.5. The topological polar surface area (TPSA) is 61.0 Å². The van der Waals surface area contributed by atoms with E-state index in [1.54, 1.807) is 6.07 Å². The molecule has 2 N–H and O–H groups in total. The lowest BCUT2D eigenvalue weighted by molar-refractivity contribution is 0.129. The lowest BCUT2D eigenvalue weighted by Crippen LogP contribution is -2.24. The normalized spacial score (nSPS) is 24.2. The zero-order valence-corrected chi connectivity index (χ0v) is 12.4. The quantitative estimate of drug-likeness (QED) is 0.889. The molecule has 0 bridgehead atoms. The lowest BCUT2D eigenvalue weighted by atomic mass is 9.89. The van der Waals surface area contributed by atoms with Gasteiger partial charge in [-0.05, 0) is 31.6 Å². The molecule has 0 aliphatic heterocycles. The Balaban J connectivity index is 2.10. The van der Waals surface area contributed by atoms with Crippen molar-refractivity contribution in [2.75, 3.05) is 5.73 Å². The van der Waals surface area contributed by atoms with E-state index in [9.17, 15) is 0 Å². The zero-order valence-electron chi connectivity index (χ0n) is 12.4. The van der Waals surface area contributed by atoms with Gasteiger partial charge in [-0.2, -0.15) is 4.98 Å². The zero-order chi connectivity index (χ0) is 14.0. The number of rotatable bonds is 2. The monoisotopic (exact) mass is 263 g/mol. The van der Waals surface area contributed by atoms with Crippen LogP contribution in [0.25, 0.3) is 0 Å². The van der Waals surface area contributed by atoms with Gasteiger partial charge in [-0.3, -0.25) is 0 Å². The van der Waals surface area contributed by atoms with Gasteiger partial charge in [0.1, 0.15) is 17.7 Å². The molecular weight excluding hydrogens is 238 g/mol. The van der Waals surface area contributed by atoms with Crippen LogP contribution in [-0.4, -0.2) is 16.1 Å². The first-order chi connectivity index (χ1) is 8.84. The van der Waals surface area contributed by atoms with Gasteiger partial charge in [0.05, 0.1) is 0 Å². The van der Waals surface area contributed by atoms with Crippen LogP contribution >= 0.6 is 0 Å². The van der Waals surface area contributed by atoms with Gasteiger partial charge < -0.3 is 10.5 Å². The minimum absolute atomic E-state index is 0.116. The number of nitrogen functional groups attached to an aromatic ring is 1. The number of hydrogen-bond acceptors (Lipinski definition) is 4. The van der Waals surface area contributed by atoms with Crippen molar-refractivity contribution in [1.29, 1.82) is 0 Å². The van der Waals surface area contributed by atoms with E-state index in [0.717, 1.165) is 24.6 Å². The maximum atomic E-state index is 5.99. The molecule has 0 radical (unpaired) electrons. The summed E-state index contributed by atoms with van der Waals surface area (Å²) in [5, 5.41) is 0. The van der Waals surface area contributed by atoms with Crippen LogP contribution in [0, 0.1) is 5.92 Å². The molecule has 1 fully saturated rings. The maximum absolute atomic E-state index is 5.99. The number of aromatic nitrogens is 2. The van der Waals surface area contributed by atoms with Crippen molar-refractivity contribution >= 4 is 5.82 Å².